The van der Waals surface area contributed by atoms with Gasteiger partial charge in [0.25, 0.3) is 0 Å². The molecule has 0 aromatic heterocycles. The third-order valence-corrected chi connectivity index (χ3v) is 4.74. The molecule has 0 spiro atoms. The van der Waals surface area contributed by atoms with E-state index in [1.54, 1.807) is 7.11 Å². The van der Waals surface area contributed by atoms with Crippen molar-refractivity contribution in [1.29, 1.82) is 0 Å². The number of ether oxygens (including phenoxy) is 1. The number of rotatable bonds is 3. The Labute approximate surface area is 79.4 Å². The van der Waals surface area contributed by atoms with Gasteiger partial charge in [-0.1, -0.05) is 0 Å². The quantitative estimate of drug-likeness (QED) is 0.695. The van der Waals surface area contributed by atoms with Gasteiger partial charge in [-0.2, -0.15) is 0 Å². The molecule has 0 bridgehead atoms. The van der Waals surface area contributed by atoms with Crippen LogP contribution >= 0.6 is 0 Å². The average molecular weight is 207 g/mol. The van der Waals surface area contributed by atoms with E-state index in [-0.39, 0.29) is 17.4 Å². The van der Waals surface area contributed by atoms with Crippen LogP contribution in [-0.2, 0) is 14.6 Å². The van der Waals surface area contributed by atoms with Crippen molar-refractivity contribution in [3.05, 3.63) is 0 Å². The van der Waals surface area contributed by atoms with Crippen LogP contribution in [0.2, 0.25) is 0 Å². The SMILES string of the molecule is COC(C)(CN)C1CCS(=O)(=O)C1. The third-order valence-electron chi connectivity index (χ3n) is 2.97. The predicted octanol–water partition coefficient (Wildman–Crippen LogP) is -0.215. The monoisotopic (exact) mass is 207 g/mol. The van der Waals surface area contributed by atoms with Crippen molar-refractivity contribution >= 4 is 9.84 Å². The summed E-state index contributed by atoms with van der Waals surface area (Å²) in [5.41, 5.74) is 5.08. The van der Waals surface area contributed by atoms with E-state index in [1.165, 1.54) is 0 Å². The van der Waals surface area contributed by atoms with Crippen molar-refractivity contribution in [2.75, 3.05) is 25.2 Å². The molecule has 78 valence electrons. The minimum absolute atomic E-state index is 0.0486. The first-order chi connectivity index (χ1) is 5.93. The van der Waals surface area contributed by atoms with E-state index in [0.717, 1.165) is 0 Å². The lowest BCUT2D eigenvalue weighted by Crippen LogP contribution is -2.44. The molecule has 0 aliphatic carbocycles. The predicted molar refractivity (Wildman–Crippen MR) is 51.2 cm³/mol. The Morgan fingerprint density at radius 2 is 2.23 bits per heavy atom. The van der Waals surface area contributed by atoms with E-state index in [1.807, 2.05) is 6.92 Å². The number of hydrogen-bond donors (Lipinski definition) is 1. The fourth-order valence-electron chi connectivity index (χ4n) is 1.69. The summed E-state index contributed by atoms with van der Waals surface area (Å²) in [7, 11) is -1.25. The molecule has 1 saturated heterocycles. The summed E-state index contributed by atoms with van der Waals surface area (Å²) in [6.45, 7) is 2.24. The lowest BCUT2D eigenvalue weighted by Gasteiger charge is -2.32. The van der Waals surface area contributed by atoms with Crippen molar-refractivity contribution in [1.82, 2.24) is 0 Å². The Morgan fingerprint density at radius 1 is 1.62 bits per heavy atom. The van der Waals surface area contributed by atoms with Crippen molar-refractivity contribution in [3.63, 3.8) is 0 Å². The van der Waals surface area contributed by atoms with Crippen LogP contribution in [0.4, 0.5) is 0 Å². The third kappa shape index (κ3) is 2.21. The summed E-state index contributed by atoms with van der Waals surface area (Å²) in [6.07, 6.45) is 0.671. The Kier molecular flexibility index (Phi) is 2.99. The first kappa shape index (κ1) is 10.9. The maximum atomic E-state index is 11.2. The lowest BCUT2D eigenvalue weighted by molar-refractivity contribution is -0.0274. The first-order valence-electron chi connectivity index (χ1n) is 4.39. The zero-order valence-corrected chi connectivity index (χ0v) is 8.93. The van der Waals surface area contributed by atoms with Crippen LogP contribution in [0.3, 0.4) is 0 Å². The van der Waals surface area contributed by atoms with Gasteiger partial charge in [0.2, 0.25) is 0 Å². The molecule has 1 aliphatic rings. The van der Waals surface area contributed by atoms with Crippen molar-refractivity contribution in [3.8, 4) is 0 Å². The standard InChI is InChI=1S/C8H17NO3S/c1-8(6-9,12-2)7-3-4-13(10,11)5-7/h7H,3-6,9H2,1-2H3. The number of sulfone groups is 1. The van der Waals surface area contributed by atoms with Crippen LogP contribution in [0.1, 0.15) is 13.3 Å². The fraction of sp³-hybridized carbons (Fsp3) is 1.00. The largest absolute Gasteiger partial charge is 0.377 e. The van der Waals surface area contributed by atoms with Crippen molar-refractivity contribution < 1.29 is 13.2 Å². The Morgan fingerprint density at radius 3 is 2.54 bits per heavy atom. The normalized spacial score (nSPS) is 31.5. The number of methoxy groups -OCH3 is 1. The van der Waals surface area contributed by atoms with E-state index < -0.39 is 15.4 Å². The van der Waals surface area contributed by atoms with Crippen LogP contribution in [0.25, 0.3) is 0 Å². The van der Waals surface area contributed by atoms with Gasteiger partial charge in [-0.05, 0) is 13.3 Å². The minimum Gasteiger partial charge on any atom is -0.377 e. The Hall–Kier alpha value is -0.130. The minimum atomic E-state index is -2.83. The molecular weight excluding hydrogens is 190 g/mol. The molecule has 1 rings (SSSR count). The lowest BCUT2D eigenvalue weighted by atomic mass is 9.88. The summed E-state index contributed by atoms with van der Waals surface area (Å²) in [5, 5.41) is 0. The summed E-state index contributed by atoms with van der Waals surface area (Å²) >= 11 is 0. The molecular formula is C8H17NO3S. The maximum absolute atomic E-state index is 11.2. The van der Waals surface area contributed by atoms with Crippen LogP contribution in [0, 0.1) is 5.92 Å². The van der Waals surface area contributed by atoms with Gasteiger partial charge >= 0.3 is 0 Å². The van der Waals surface area contributed by atoms with Gasteiger partial charge in [-0.15, -0.1) is 0 Å². The molecule has 0 amide bonds. The zero-order chi connectivity index (χ0) is 10.1. The summed E-state index contributed by atoms with van der Waals surface area (Å²) in [4.78, 5) is 0. The van der Waals surface area contributed by atoms with E-state index >= 15 is 0 Å². The topological polar surface area (TPSA) is 69.4 Å². The van der Waals surface area contributed by atoms with Crippen molar-refractivity contribution in [2.24, 2.45) is 11.7 Å². The first-order valence-corrected chi connectivity index (χ1v) is 6.21. The number of hydrogen-bond acceptors (Lipinski definition) is 4. The molecule has 5 heteroatoms. The summed E-state index contributed by atoms with van der Waals surface area (Å²) in [6, 6.07) is 0. The highest BCUT2D eigenvalue weighted by Crippen LogP contribution is 2.30. The van der Waals surface area contributed by atoms with Gasteiger partial charge in [0, 0.05) is 19.6 Å². The van der Waals surface area contributed by atoms with Crippen LogP contribution in [-0.4, -0.2) is 39.2 Å². The fourth-order valence-corrected chi connectivity index (χ4v) is 3.64. The molecule has 1 aliphatic heterocycles. The second-order valence-corrected chi connectivity index (χ2v) is 6.05. The molecule has 0 aromatic rings. The van der Waals surface area contributed by atoms with Crippen LogP contribution < -0.4 is 5.73 Å². The van der Waals surface area contributed by atoms with E-state index in [0.29, 0.717) is 13.0 Å². The molecule has 0 saturated carbocycles. The molecule has 2 N–H and O–H groups in total. The molecule has 13 heavy (non-hydrogen) atoms. The second-order valence-electron chi connectivity index (χ2n) is 3.82. The van der Waals surface area contributed by atoms with Gasteiger partial charge in [0.1, 0.15) is 0 Å². The second kappa shape index (κ2) is 3.55. The molecule has 0 aromatic carbocycles. The average Bonchev–Trinajstić information content (AvgIpc) is 2.45. The van der Waals surface area contributed by atoms with Gasteiger partial charge in [0.15, 0.2) is 9.84 Å². The molecule has 1 heterocycles. The van der Waals surface area contributed by atoms with E-state index in [4.69, 9.17) is 10.5 Å². The maximum Gasteiger partial charge on any atom is 0.150 e. The highest BCUT2D eigenvalue weighted by Gasteiger charge is 2.40. The van der Waals surface area contributed by atoms with Crippen LogP contribution in [0.15, 0.2) is 0 Å². The van der Waals surface area contributed by atoms with Crippen molar-refractivity contribution in [2.45, 2.75) is 18.9 Å². The Balaban J connectivity index is 2.75. The summed E-state index contributed by atoms with van der Waals surface area (Å²) < 4.78 is 27.7. The van der Waals surface area contributed by atoms with Crippen LogP contribution in [0.5, 0.6) is 0 Å². The molecule has 2 unspecified atom stereocenters. The molecule has 2 atom stereocenters. The molecule has 4 nitrogen and oxygen atoms in total. The highest BCUT2D eigenvalue weighted by molar-refractivity contribution is 7.91. The molecule has 0 radical (unpaired) electrons. The van der Waals surface area contributed by atoms with Gasteiger partial charge in [-0.25, -0.2) is 8.42 Å². The Bertz CT molecular complexity index is 269. The van der Waals surface area contributed by atoms with E-state index in [9.17, 15) is 8.42 Å². The zero-order valence-electron chi connectivity index (χ0n) is 8.12. The highest BCUT2D eigenvalue weighted by atomic mass is 32.2. The molecule has 1 fully saturated rings. The van der Waals surface area contributed by atoms with Gasteiger partial charge in [-0.3, -0.25) is 0 Å². The van der Waals surface area contributed by atoms with E-state index in [2.05, 4.69) is 0 Å². The number of nitrogens with two attached hydrogens (primary N) is 1. The van der Waals surface area contributed by atoms with Gasteiger partial charge < -0.3 is 10.5 Å². The summed E-state index contributed by atoms with van der Waals surface area (Å²) in [5.74, 6) is 0.540. The van der Waals surface area contributed by atoms with Gasteiger partial charge in [0.05, 0.1) is 17.1 Å². The smallest absolute Gasteiger partial charge is 0.150 e.